The molecule has 0 aliphatic carbocycles. The Morgan fingerprint density at radius 1 is 1.06 bits per heavy atom. The highest BCUT2D eigenvalue weighted by molar-refractivity contribution is 14.0. The van der Waals surface area contributed by atoms with Crippen LogP contribution in [-0.2, 0) is 24.4 Å². The van der Waals surface area contributed by atoms with Gasteiger partial charge in [-0.15, -0.1) is 24.0 Å². The molecule has 3 aromatic rings. The Balaban J connectivity index is 0.00000408. The quantitative estimate of drug-likeness (QED) is 0.153. The van der Waals surface area contributed by atoms with Crippen LogP contribution in [0.15, 0.2) is 59.9 Å². The summed E-state index contributed by atoms with van der Waals surface area (Å²) < 4.78 is 13.2. The molecule has 0 unspecified atom stereocenters. The van der Waals surface area contributed by atoms with E-state index in [-0.39, 0.29) is 24.0 Å². The van der Waals surface area contributed by atoms with Crippen molar-refractivity contribution in [2.45, 2.75) is 40.4 Å². The number of halogens is 1. The van der Waals surface area contributed by atoms with E-state index in [1.807, 2.05) is 19.3 Å². The van der Waals surface area contributed by atoms with E-state index >= 15 is 0 Å². The molecule has 8 heteroatoms. The average molecular weight is 578 g/mol. The SMILES string of the molecule is CCNC(=NCc1cccc(Cn2ccnc2C)c1)NCc1ccc(C)cc1OCCOC.I. The molecule has 0 fully saturated rings. The third-order valence-corrected chi connectivity index (χ3v) is 5.25. The van der Waals surface area contributed by atoms with Crippen molar-refractivity contribution in [2.24, 2.45) is 4.99 Å². The Bertz CT molecular complexity index is 1050. The minimum atomic E-state index is 0. The summed E-state index contributed by atoms with van der Waals surface area (Å²) in [5.41, 5.74) is 4.65. The molecule has 2 aromatic carbocycles. The Kier molecular flexibility index (Phi) is 11.9. The van der Waals surface area contributed by atoms with E-state index in [1.54, 1.807) is 7.11 Å². The maximum absolute atomic E-state index is 5.91. The monoisotopic (exact) mass is 577 g/mol. The summed E-state index contributed by atoms with van der Waals surface area (Å²) in [6.45, 7) is 10.0. The number of aryl methyl sites for hydroxylation is 2. The fourth-order valence-electron chi connectivity index (χ4n) is 3.46. The molecule has 0 radical (unpaired) electrons. The molecule has 184 valence electrons. The van der Waals surface area contributed by atoms with Gasteiger partial charge in [-0.05, 0) is 43.5 Å². The highest BCUT2D eigenvalue weighted by Gasteiger charge is 2.07. The standard InChI is InChI=1S/C26H35N5O2.HI/c1-5-27-26(30-18-24-10-9-20(2)15-25(24)33-14-13-32-4)29-17-22-7-6-8-23(16-22)19-31-12-11-28-21(31)3;/h6-12,15-16H,5,13-14,17-19H2,1-4H3,(H2,27,29,30);1H. The van der Waals surface area contributed by atoms with Gasteiger partial charge in [-0.3, -0.25) is 0 Å². The third-order valence-electron chi connectivity index (χ3n) is 5.25. The molecule has 0 spiro atoms. The Morgan fingerprint density at radius 2 is 1.88 bits per heavy atom. The Morgan fingerprint density at radius 3 is 2.62 bits per heavy atom. The summed E-state index contributed by atoms with van der Waals surface area (Å²) in [7, 11) is 1.68. The number of benzene rings is 2. The average Bonchev–Trinajstić information content (AvgIpc) is 3.21. The summed E-state index contributed by atoms with van der Waals surface area (Å²) in [6, 6.07) is 14.8. The molecule has 1 aromatic heterocycles. The predicted octanol–water partition coefficient (Wildman–Crippen LogP) is 4.45. The maximum Gasteiger partial charge on any atom is 0.191 e. The maximum atomic E-state index is 5.91. The Labute approximate surface area is 220 Å². The zero-order chi connectivity index (χ0) is 23.5. The number of guanidine groups is 1. The van der Waals surface area contributed by atoms with Crippen LogP contribution in [0.1, 0.15) is 35.0 Å². The number of nitrogens with zero attached hydrogens (tertiary/aromatic N) is 3. The van der Waals surface area contributed by atoms with Gasteiger partial charge in [0.15, 0.2) is 5.96 Å². The zero-order valence-corrected chi connectivity index (χ0v) is 22.8. The summed E-state index contributed by atoms with van der Waals surface area (Å²) in [6.07, 6.45) is 3.84. The van der Waals surface area contributed by atoms with E-state index in [0.29, 0.717) is 26.3 Å². The van der Waals surface area contributed by atoms with Crippen molar-refractivity contribution in [1.29, 1.82) is 0 Å². The number of hydrogen-bond acceptors (Lipinski definition) is 4. The molecule has 34 heavy (non-hydrogen) atoms. The number of imidazole rings is 1. The van der Waals surface area contributed by atoms with E-state index in [4.69, 9.17) is 14.5 Å². The third kappa shape index (κ3) is 8.64. The lowest BCUT2D eigenvalue weighted by Gasteiger charge is -2.15. The summed E-state index contributed by atoms with van der Waals surface area (Å²) in [4.78, 5) is 9.09. The van der Waals surface area contributed by atoms with Gasteiger partial charge in [-0.25, -0.2) is 9.98 Å². The van der Waals surface area contributed by atoms with Gasteiger partial charge in [-0.1, -0.05) is 36.4 Å². The van der Waals surface area contributed by atoms with E-state index in [1.165, 1.54) is 11.1 Å². The Hall–Kier alpha value is -2.59. The molecule has 0 saturated heterocycles. The van der Waals surface area contributed by atoms with Gasteiger partial charge in [0.25, 0.3) is 0 Å². The second-order valence-corrected chi connectivity index (χ2v) is 7.92. The number of aliphatic imine (C=N–C) groups is 1. The lowest BCUT2D eigenvalue weighted by molar-refractivity contribution is 0.145. The van der Waals surface area contributed by atoms with Crippen LogP contribution in [-0.4, -0.2) is 42.4 Å². The van der Waals surface area contributed by atoms with Gasteiger partial charge in [0, 0.05) is 44.7 Å². The largest absolute Gasteiger partial charge is 0.491 e. The normalized spacial score (nSPS) is 11.1. The molecular formula is C26H36IN5O2. The van der Waals surface area contributed by atoms with Crippen molar-refractivity contribution in [3.8, 4) is 5.75 Å². The molecule has 7 nitrogen and oxygen atoms in total. The fraction of sp³-hybridized carbons (Fsp3) is 0.385. The fourth-order valence-corrected chi connectivity index (χ4v) is 3.46. The first-order valence-corrected chi connectivity index (χ1v) is 11.4. The molecule has 3 rings (SSSR count). The number of aromatic nitrogens is 2. The van der Waals surface area contributed by atoms with E-state index < -0.39 is 0 Å². The highest BCUT2D eigenvalue weighted by Crippen LogP contribution is 2.20. The van der Waals surface area contributed by atoms with Gasteiger partial charge in [0.1, 0.15) is 18.2 Å². The first-order chi connectivity index (χ1) is 16.1. The minimum Gasteiger partial charge on any atom is -0.491 e. The minimum absolute atomic E-state index is 0. The van der Waals surface area contributed by atoms with Crippen molar-refractivity contribution in [1.82, 2.24) is 20.2 Å². The molecule has 0 aliphatic heterocycles. The lowest BCUT2D eigenvalue weighted by Crippen LogP contribution is -2.36. The highest BCUT2D eigenvalue weighted by atomic mass is 127. The van der Waals surface area contributed by atoms with Crippen LogP contribution in [0, 0.1) is 13.8 Å². The first-order valence-electron chi connectivity index (χ1n) is 11.4. The van der Waals surface area contributed by atoms with Crippen LogP contribution in [0.4, 0.5) is 0 Å². The van der Waals surface area contributed by atoms with Gasteiger partial charge < -0.3 is 24.7 Å². The molecule has 0 amide bonds. The van der Waals surface area contributed by atoms with E-state index in [0.717, 1.165) is 41.7 Å². The molecule has 0 saturated carbocycles. The summed E-state index contributed by atoms with van der Waals surface area (Å²) in [5, 5.41) is 6.76. The number of rotatable bonds is 11. The zero-order valence-electron chi connectivity index (χ0n) is 20.5. The van der Waals surface area contributed by atoms with Gasteiger partial charge in [0.2, 0.25) is 0 Å². The number of methoxy groups -OCH3 is 1. The molecule has 2 N–H and O–H groups in total. The van der Waals surface area contributed by atoms with Crippen LogP contribution >= 0.6 is 24.0 Å². The van der Waals surface area contributed by atoms with Crippen molar-refractivity contribution < 1.29 is 9.47 Å². The second kappa shape index (κ2) is 14.6. The van der Waals surface area contributed by atoms with Gasteiger partial charge in [0.05, 0.1) is 13.2 Å². The van der Waals surface area contributed by atoms with Crippen molar-refractivity contribution in [2.75, 3.05) is 26.9 Å². The number of ether oxygens (including phenoxy) is 2. The van der Waals surface area contributed by atoms with Crippen molar-refractivity contribution >= 4 is 29.9 Å². The molecule has 0 aliphatic rings. The van der Waals surface area contributed by atoms with Crippen molar-refractivity contribution in [3.05, 3.63) is 82.9 Å². The van der Waals surface area contributed by atoms with Crippen LogP contribution in [0.5, 0.6) is 5.75 Å². The van der Waals surface area contributed by atoms with Crippen LogP contribution in [0.2, 0.25) is 0 Å². The van der Waals surface area contributed by atoms with Gasteiger partial charge >= 0.3 is 0 Å². The lowest BCUT2D eigenvalue weighted by atomic mass is 10.1. The second-order valence-electron chi connectivity index (χ2n) is 7.92. The molecular weight excluding hydrogens is 541 g/mol. The van der Waals surface area contributed by atoms with Crippen LogP contribution in [0.25, 0.3) is 0 Å². The summed E-state index contributed by atoms with van der Waals surface area (Å²) >= 11 is 0. The smallest absolute Gasteiger partial charge is 0.191 e. The van der Waals surface area contributed by atoms with Crippen LogP contribution < -0.4 is 15.4 Å². The first kappa shape index (κ1) is 27.7. The predicted molar refractivity (Wildman–Crippen MR) is 148 cm³/mol. The van der Waals surface area contributed by atoms with Crippen molar-refractivity contribution in [3.63, 3.8) is 0 Å². The number of nitrogens with one attached hydrogen (secondary N) is 2. The van der Waals surface area contributed by atoms with E-state index in [9.17, 15) is 0 Å². The van der Waals surface area contributed by atoms with Crippen LogP contribution in [0.3, 0.4) is 0 Å². The van der Waals surface area contributed by atoms with Gasteiger partial charge in [-0.2, -0.15) is 0 Å². The van der Waals surface area contributed by atoms with E-state index in [2.05, 4.69) is 76.5 Å². The number of hydrogen-bond donors (Lipinski definition) is 2. The molecule has 0 atom stereocenters. The topological polar surface area (TPSA) is 72.7 Å². The molecule has 1 heterocycles. The molecule has 0 bridgehead atoms. The summed E-state index contributed by atoms with van der Waals surface area (Å²) in [5.74, 6) is 2.66.